The highest BCUT2D eigenvalue weighted by atomic mass is 16.5. The molecule has 1 aliphatic heterocycles. The fourth-order valence-electron chi connectivity index (χ4n) is 2.31. The Balaban J connectivity index is 2.23. The third kappa shape index (κ3) is 4.81. The van der Waals surface area contributed by atoms with E-state index < -0.39 is 0 Å². The van der Waals surface area contributed by atoms with Gasteiger partial charge in [0.2, 0.25) is 0 Å². The maximum atomic E-state index is 9.25. The van der Waals surface area contributed by atoms with Crippen molar-refractivity contribution in [2.75, 3.05) is 13.2 Å². The van der Waals surface area contributed by atoms with Gasteiger partial charge in [-0.25, -0.2) is 0 Å². The average Bonchev–Trinajstić information content (AvgIpc) is 2.52. The van der Waals surface area contributed by atoms with E-state index in [-0.39, 0.29) is 18.2 Å². The summed E-state index contributed by atoms with van der Waals surface area (Å²) < 4.78 is 5.90. The highest BCUT2D eigenvalue weighted by Crippen LogP contribution is 2.28. The monoisotopic (exact) mass is 229 g/mol. The van der Waals surface area contributed by atoms with E-state index in [1.165, 1.54) is 0 Å². The molecule has 0 amide bonds. The summed E-state index contributed by atoms with van der Waals surface area (Å²) in [6, 6.07) is 0.215. The van der Waals surface area contributed by atoms with E-state index in [1.54, 1.807) is 0 Å². The molecule has 0 aromatic heterocycles. The van der Waals surface area contributed by atoms with E-state index in [1.807, 2.05) is 0 Å². The minimum atomic E-state index is 0.0408. The molecule has 1 heterocycles. The molecule has 0 saturated carbocycles. The molecule has 2 N–H and O–H groups in total. The Morgan fingerprint density at radius 1 is 1.44 bits per heavy atom. The average molecular weight is 229 g/mol. The molecule has 1 saturated heterocycles. The third-order valence-electron chi connectivity index (χ3n) is 3.16. The predicted molar refractivity (Wildman–Crippen MR) is 66.5 cm³/mol. The zero-order chi connectivity index (χ0) is 12.2. The second-order valence-corrected chi connectivity index (χ2v) is 5.96. The lowest BCUT2D eigenvalue weighted by atomic mass is 10.0. The standard InChI is InChI=1S/C13H27NO2/c1-10(2)7-11(9-15)14-8-12-5-6-13(3,4)16-12/h10-12,14-15H,5-9H2,1-4H3. The van der Waals surface area contributed by atoms with Gasteiger partial charge in [-0.15, -0.1) is 0 Å². The molecular formula is C13H27NO2. The zero-order valence-corrected chi connectivity index (χ0v) is 11.1. The number of aliphatic hydroxyl groups is 1. The van der Waals surface area contributed by atoms with Crippen LogP contribution in [0.15, 0.2) is 0 Å². The van der Waals surface area contributed by atoms with Gasteiger partial charge in [0.05, 0.1) is 18.3 Å². The van der Waals surface area contributed by atoms with Gasteiger partial charge in [-0.3, -0.25) is 0 Å². The summed E-state index contributed by atoms with van der Waals surface area (Å²) in [5.41, 5.74) is 0.0408. The van der Waals surface area contributed by atoms with Gasteiger partial charge < -0.3 is 15.2 Å². The zero-order valence-electron chi connectivity index (χ0n) is 11.1. The first kappa shape index (κ1) is 13.9. The molecule has 3 nitrogen and oxygen atoms in total. The van der Waals surface area contributed by atoms with E-state index >= 15 is 0 Å². The second kappa shape index (κ2) is 5.99. The van der Waals surface area contributed by atoms with Crippen LogP contribution < -0.4 is 5.32 Å². The highest BCUT2D eigenvalue weighted by molar-refractivity contribution is 4.83. The van der Waals surface area contributed by atoms with Crippen molar-refractivity contribution in [2.24, 2.45) is 5.92 Å². The van der Waals surface area contributed by atoms with E-state index in [9.17, 15) is 5.11 Å². The molecule has 0 aromatic rings. The molecule has 3 heteroatoms. The predicted octanol–water partition coefficient (Wildman–Crippen LogP) is 1.94. The molecule has 0 spiro atoms. The SMILES string of the molecule is CC(C)CC(CO)NCC1CCC(C)(C)O1. The fraction of sp³-hybridized carbons (Fsp3) is 1.00. The first-order valence-corrected chi connectivity index (χ1v) is 6.45. The van der Waals surface area contributed by atoms with E-state index in [0.29, 0.717) is 12.0 Å². The van der Waals surface area contributed by atoms with Crippen LogP contribution in [0, 0.1) is 5.92 Å². The maximum absolute atomic E-state index is 9.25. The molecule has 2 unspecified atom stereocenters. The van der Waals surface area contributed by atoms with Gasteiger partial charge in [-0.1, -0.05) is 13.8 Å². The van der Waals surface area contributed by atoms with Crippen LogP contribution in [0.25, 0.3) is 0 Å². The molecule has 2 atom stereocenters. The topological polar surface area (TPSA) is 41.5 Å². The Hall–Kier alpha value is -0.120. The summed E-state index contributed by atoms with van der Waals surface area (Å²) in [7, 11) is 0. The van der Waals surface area contributed by atoms with Crippen molar-refractivity contribution in [3.8, 4) is 0 Å². The van der Waals surface area contributed by atoms with Crippen LogP contribution >= 0.6 is 0 Å². The van der Waals surface area contributed by atoms with Gasteiger partial charge in [0.15, 0.2) is 0 Å². The van der Waals surface area contributed by atoms with Gasteiger partial charge in [0.1, 0.15) is 0 Å². The molecule has 0 radical (unpaired) electrons. The molecule has 16 heavy (non-hydrogen) atoms. The number of hydrogen-bond donors (Lipinski definition) is 2. The largest absolute Gasteiger partial charge is 0.395 e. The first-order valence-electron chi connectivity index (χ1n) is 6.45. The Labute approximate surface area is 99.6 Å². The molecule has 0 aromatic carbocycles. The summed E-state index contributed by atoms with van der Waals surface area (Å²) in [6.45, 7) is 9.73. The molecule has 1 rings (SSSR count). The summed E-state index contributed by atoms with van der Waals surface area (Å²) in [4.78, 5) is 0. The Kier molecular flexibility index (Phi) is 5.22. The van der Waals surface area contributed by atoms with Crippen LogP contribution in [0.4, 0.5) is 0 Å². The van der Waals surface area contributed by atoms with Crippen LogP contribution in [0.2, 0.25) is 0 Å². The lowest BCUT2D eigenvalue weighted by Crippen LogP contribution is -2.39. The lowest BCUT2D eigenvalue weighted by Gasteiger charge is -2.23. The van der Waals surface area contributed by atoms with Crippen molar-refractivity contribution < 1.29 is 9.84 Å². The molecule has 1 aliphatic rings. The summed E-state index contributed by atoms with van der Waals surface area (Å²) in [6.07, 6.45) is 3.59. The molecular weight excluding hydrogens is 202 g/mol. The van der Waals surface area contributed by atoms with Crippen molar-refractivity contribution in [1.82, 2.24) is 5.32 Å². The smallest absolute Gasteiger partial charge is 0.0707 e. The van der Waals surface area contributed by atoms with Gasteiger partial charge in [-0.2, -0.15) is 0 Å². The lowest BCUT2D eigenvalue weighted by molar-refractivity contribution is -0.0160. The maximum Gasteiger partial charge on any atom is 0.0707 e. The van der Waals surface area contributed by atoms with Gasteiger partial charge in [-0.05, 0) is 39.0 Å². The van der Waals surface area contributed by atoms with Crippen LogP contribution in [0.3, 0.4) is 0 Å². The number of rotatable bonds is 6. The van der Waals surface area contributed by atoms with Gasteiger partial charge >= 0.3 is 0 Å². The summed E-state index contributed by atoms with van der Waals surface area (Å²) in [5, 5.41) is 12.7. The number of aliphatic hydroxyl groups excluding tert-OH is 1. The molecule has 0 bridgehead atoms. The molecule has 1 fully saturated rings. The summed E-state index contributed by atoms with van der Waals surface area (Å²) in [5.74, 6) is 0.616. The van der Waals surface area contributed by atoms with Crippen molar-refractivity contribution in [2.45, 2.75) is 64.7 Å². The minimum Gasteiger partial charge on any atom is -0.395 e. The highest BCUT2D eigenvalue weighted by Gasteiger charge is 2.31. The van der Waals surface area contributed by atoms with Crippen LogP contribution in [-0.4, -0.2) is 36.0 Å². The van der Waals surface area contributed by atoms with E-state index in [0.717, 1.165) is 25.8 Å². The van der Waals surface area contributed by atoms with Gasteiger partial charge in [0.25, 0.3) is 0 Å². The minimum absolute atomic E-state index is 0.0408. The van der Waals surface area contributed by atoms with Crippen LogP contribution in [0.1, 0.15) is 47.0 Å². The summed E-state index contributed by atoms with van der Waals surface area (Å²) >= 11 is 0. The van der Waals surface area contributed by atoms with Crippen LogP contribution in [0.5, 0.6) is 0 Å². The van der Waals surface area contributed by atoms with Crippen molar-refractivity contribution in [1.29, 1.82) is 0 Å². The first-order chi connectivity index (χ1) is 7.43. The fourth-order valence-corrected chi connectivity index (χ4v) is 2.31. The molecule has 96 valence electrons. The Bertz CT molecular complexity index is 202. The number of hydrogen-bond acceptors (Lipinski definition) is 3. The Morgan fingerprint density at radius 3 is 2.56 bits per heavy atom. The second-order valence-electron chi connectivity index (χ2n) is 5.96. The van der Waals surface area contributed by atoms with Gasteiger partial charge in [0, 0.05) is 12.6 Å². The van der Waals surface area contributed by atoms with Crippen LogP contribution in [-0.2, 0) is 4.74 Å². The van der Waals surface area contributed by atoms with Crippen molar-refractivity contribution in [3.05, 3.63) is 0 Å². The van der Waals surface area contributed by atoms with E-state index in [4.69, 9.17) is 4.74 Å². The van der Waals surface area contributed by atoms with Crippen molar-refractivity contribution in [3.63, 3.8) is 0 Å². The van der Waals surface area contributed by atoms with Crippen molar-refractivity contribution >= 4 is 0 Å². The quantitative estimate of drug-likeness (QED) is 0.731. The normalized spacial score (nSPS) is 26.2. The molecule has 0 aliphatic carbocycles. The number of nitrogens with one attached hydrogen (secondary N) is 1. The van der Waals surface area contributed by atoms with E-state index in [2.05, 4.69) is 33.0 Å². The number of ether oxygens (including phenoxy) is 1. The third-order valence-corrected chi connectivity index (χ3v) is 3.16. The Morgan fingerprint density at radius 2 is 2.12 bits per heavy atom.